The van der Waals surface area contributed by atoms with E-state index in [1.165, 1.54) is 13.1 Å². The van der Waals surface area contributed by atoms with Gasteiger partial charge in [0.05, 0.1) is 5.92 Å². The van der Waals surface area contributed by atoms with Crippen LogP contribution in [0.4, 0.5) is 0 Å². The number of carbonyl (C=O) groups excluding carboxylic acids is 2. The van der Waals surface area contributed by atoms with Crippen LogP contribution in [0.15, 0.2) is 11.8 Å². The molecule has 4 heteroatoms. The minimum absolute atomic E-state index is 0.160. The summed E-state index contributed by atoms with van der Waals surface area (Å²) in [5.41, 5.74) is 0.683. The van der Waals surface area contributed by atoms with Crippen molar-refractivity contribution in [2.24, 2.45) is 5.92 Å². The molecule has 1 heterocycles. The Morgan fingerprint density at radius 1 is 1.36 bits per heavy atom. The summed E-state index contributed by atoms with van der Waals surface area (Å²) >= 11 is 0. The van der Waals surface area contributed by atoms with Gasteiger partial charge in [0.2, 0.25) is 5.91 Å². The molecule has 1 N–H and O–H groups in total. The lowest BCUT2D eigenvalue weighted by atomic mass is 10.0. The van der Waals surface area contributed by atoms with E-state index in [1.807, 2.05) is 13.8 Å². The fourth-order valence-corrected chi connectivity index (χ4v) is 1.18. The minimum atomic E-state index is -0.262. The second-order valence-corrected chi connectivity index (χ2v) is 2.81. The summed E-state index contributed by atoms with van der Waals surface area (Å²) in [6.07, 6.45) is 1.45. The van der Waals surface area contributed by atoms with Crippen molar-refractivity contribution in [2.75, 3.05) is 14.1 Å². The molecule has 0 spiro atoms. The van der Waals surface area contributed by atoms with E-state index < -0.39 is 0 Å². The normalized spacial score (nSPS) is 21.1. The maximum atomic E-state index is 11.3. The number of imide groups is 1. The topological polar surface area (TPSA) is 49.4 Å². The number of rotatable bonds is 1. The molecule has 2 amide bonds. The summed E-state index contributed by atoms with van der Waals surface area (Å²) in [5.74, 6) is -0.660. The van der Waals surface area contributed by atoms with Gasteiger partial charge in [0.1, 0.15) is 0 Å². The molecule has 80 valence electrons. The highest BCUT2D eigenvalue weighted by Crippen LogP contribution is 2.15. The van der Waals surface area contributed by atoms with E-state index >= 15 is 0 Å². The molecule has 0 bridgehead atoms. The van der Waals surface area contributed by atoms with Gasteiger partial charge >= 0.3 is 0 Å². The zero-order valence-corrected chi connectivity index (χ0v) is 9.42. The van der Waals surface area contributed by atoms with Gasteiger partial charge in [-0.3, -0.25) is 14.5 Å². The molecule has 0 aliphatic carbocycles. The quantitative estimate of drug-likeness (QED) is 0.632. The summed E-state index contributed by atoms with van der Waals surface area (Å²) < 4.78 is 0. The minimum Gasteiger partial charge on any atom is -0.391 e. The SMILES string of the molecule is CC.CNC1=CC(=O)N(C)C(=O)C1C. The van der Waals surface area contributed by atoms with E-state index in [0.717, 1.165) is 4.90 Å². The number of nitrogens with one attached hydrogen (secondary N) is 1. The van der Waals surface area contributed by atoms with Gasteiger partial charge in [0, 0.05) is 25.9 Å². The van der Waals surface area contributed by atoms with Gasteiger partial charge in [-0.05, 0) is 6.92 Å². The van der Waals surface area contributed by atoms with Crippen LogP contribution in [0.2, 0.25) is 0 Å². The molecular weight excluding hydrogens is 180 g/mol. The van der Waals surface area contributed by atoms with Crippen molar-refractivity contribution in [1.82, 2.24) is 10.2 Å². The van der Waals surface area contributed by atoms with Crippen molar-refractivity contribution in [1.29, 1.82) is 0 Å². The van der Waals surface area contributed by atoms with Gasteiger partial charge in [0.15, 0.2) is 0 Å². The lowest BCUT2D eigenvalue weighted by Gasteiger charge is -2.25. The highest BCUT2D eigenvalue weighted by atomic mass is 16.2. The van der Waals surface area contributed by atoms with Crippen LogP contribution in [-0.4, -0.2) is 30.8 Å². The number of hydrogen-bond acceptors (Lipinski definition) is 3. The number of nitrogens with zero attached hydrogens (tertiary/aromatic N) is 1. The molecule has 0 aromatic rings. The summed E-state index contributed by atoms with van der Waals surface area (Å²) in [5, 5.41) is 2.83. The zero-order valence-electron chi connectivity index (χ0n) is 9.42. The van der Waals surface area contributed by atoms with Crippen molar-refractivity contribution in [3.8, 4) is 0 Å². The highest BCUT2D eigenvalue weighted by Gasteiger charge is 2.29. The van der Waals surface area contributed by atoms with Crippen LogP contribution in [0.25, 0.3) is 0 Å². The van der Waals surface area contributed by atoms with Gasteiger partial charge in [-0.1, -0.05) is 13.8 Å². The van der Waals surface area contributed by atoms with Crippen LogP contribution in [-0.2, 0) is 9.59 Å². The van der Waals surface area contributed by atoms with Crippen molar-refractivity contribution in [2.45, 2.75) is 20.8 Å². The lowest BCUT2D eigenvalue weighted by molar-refractivity contribution is -0.143. The predicted molar refractivity (Wildman–Crippen MR) is 55.4 cm³/mol. The van der Waals surface area contributed by atoms with Gasteiger partial charge in [-0.25, -0.2) is 0 Å². The third-order valence-electron chi connectivity index (χ3n) is 2.07. The van der Waals surface area contributed by atoms with E-state index in [1.54, 1.807) is 14.0 Å². The molecule has 0 radical (unpaired) electrons. The molecule has 14 heavy (non-hydrogen) atoms. The maximum absolute atomic E-state index is 11.3. The molecule has 1 unspecified atom stereocenters. The van der Waals surface area contributed by atoms with Gasteiger partial charge < -0.3 is 5.32 Å². The third-order valence-corrected chi connectivity index (χ3v) is 2.07. The van der Waals surface area contributed by atoms with Crippen molar-refractivity contribution < 1.29 is 9.59 Å². The molecule has 1 aliphatic rings. The smallest absolute Gasteiger partial charge is 0.254 e. The Labute approximate surface area is 85.0 Å². The molecule has 0 aromatic carbocycles. The van der Waals surface area contributed by atoms with Gasteiger partial charge in [-0.15, -0.1) is 0 Å². The first-order valence-electron chi connectivity index (χ1n) is 4.78. The zero-order chi connectivity index (χ0) is 11.3. The van der Waals surface area contributed by atoms with Crippen LogP contribution in [0.5, 0.6) is 0 Å². The molecule has 1 rings (SSSR count). The number of hydrogen-bond donors (Lipinski definition) is 1. The van der Waals surface area contributed by atoms with Gasteiger partial charge in [-0.2, -0.15) is 0 Å². The Morgan fingerprint density at radius 3 is 2.29 bits per heavy atom. The first-order chi connectivity index (χ1) is 6.57. The van der Waals surface area contributed by atoms with E-state index in [-0.39, 0.29) is 17.7 Å². The van der Waals surface area contributed by atoms with E-state index in [2.05, 4.69) is 5.32 Å². The summed E-state index contributed by atoms with van der Waals surface area (Å²) in [6.45, 7) is 5.77. The number of likely N-dealkylation sites (N-methyl/N-ethyl adjacent to an activating group) is 1. The predicted octanol–water partition coefficient (Wildman–Crippen LogP) is 0.751. The molecule has 1 aliphatic heterocycles. The molecular formula is C10H18N2O2. The van der Waals surface area contributed by atoms with E-state index in [0.29, 0.717) is 5.70 Å². The van der Waals surface area contributed by atoms with Crippen LogP contribution in [0.3, 0.4) is 0 Å². The molecule has 0 saturated carbocycles. The molecule has 0 saturated heterocycles. The molecule has 1 atom stereocenters. The Morgan fingerprint density at radius 2 is 1.86 bits per heavy atom. The van der Waals surface area contributed by atoms with Crippen molar-refractivity contribution in [3.05, 3.63) is 11.8 Å². The van der Waals surface area contributed by atoms with Crippen molar-refractivity contribution >= 4 is 11.8 Å². The fourth-order valence-electron chi connectivity index (χ4n) is 1.18. The van der Waals surface area contributed by atoms with Crippen molar-refractivity contribution in [3.63, 3.8) is 0 Å². The first-order valence-corrected chi connectivity index (χ1v) is 4.78. The summed E-state index contributed by atoms with van der Waals surface area (Å²) in [4.78, 5) is 23.6. The highest BCUT2D eigenvalue weighted by molar-refractivity contribution is 6.05. The maximum Gasteiger partial charge on any atom is 0.254 e. The second-order valence-electron chi connectivity index (χ2n) is 2.81. The summed E-state index contributed by atoms with van der Waals surface area (Å²) in [6, 6.07) is 0. The first kappa shape index (κ1) is 12.7. The fraction of sp³-hybridized carbons (Fsp3) is 0.600. The van der Waals surface area contributed by atoms with Crippen LogP contribution >= 0.6 is 0 Å². The van der Waals surface area contributed by atoms with Crippen LogP contribution in [0.1, 0.15) is 20.8 Å². The number of amides is 2. The second kappa shape index (κ2) is 5.42. The lowest BCUT2D eigenvalue weighted by Crippen LogP contribution is -2.42. The monoisotopic (exact) mass is 198 g/mol. The average Bonchev–Trinajstić information content (AvgIpc) is 2.23. The Balaban J connectivity index is 0.000000791. The summed E-state index contributed by atoms with van der Waals surface area (Å²) in [7, 11) is 3.19. The molecule has 0 fully saturated rings. The third kappa shape index (κ3) is 2.34. The standard InChI is InChI=1S/C8H12N2O2.C2H6/c1-5-6(9-2)4-7(11)10(3)8(5)12;1-2/h4-5,9H,1-3H3;1-2H3. The Hall–Kier alpha value is -1.32. The molecule has 4 nitrogen and oxygen atoms in total. The van der Waals surface area contributed by atoms with E-state index in [9.17, 15) is 9.59 Å². The average molecular weight is 198 g/mol. The Kier molecular flexibility index (Phi) is 4.91. The largest absolute Gasteiger partial charge is 0.391 e. The van der Waals surface area contributed by atoms with Gasteiger partial charge in [0.25, 0.3) is 5.91 Å². The van der Waals surface area contributed by atoms with Crippen LogP contribution < -0.4 is 5.32 Å². The molecule has 0 aromatic heterocycles. The Bertz CT molecular complexity index is 259. The number of carbonyl (C=O) groups is 2. The van der Waals surface area contributed by atoms with E-state index in [4.69, 9.17) is 0 Å². The van der Waals surface area contributed by atoms with Crippen LogP contribution in [0, 0.1) is 5.92 Å².